The van der Waals surface area contributed by atoms with Gasteiger partial charge in [0, 0.05) is 15.1 Å². The molecule has 2 rings (SSSR count). The van der Waals surface area contributed by atoms with Gasteiger partial charge in [-0.05, 0) is 47.9 Å². The summed E-state index contributed by atoms with van der Waals surface area (Å²) in [4.78, 5) is 0. The fourth-order valence-corrected chi connectivity index (χ4v) is 2.38. The molecule has 0 radical (unpaired) electrons. The van der Waals surface area contributed by atoms with Crippen LogP contribution in [0.15, 0.2) is 42.5 Å². The first-order valence-corrected chi connectivity index (χ1v) is 6.59. The van der Waals surface area contributed by atoms with E-state index in [9.17, 15) is 0 Å². The molecular weight excluding hydrogens is 287 g/mol. The van der Waals surface area contributed by atoms with Crippen LogP contribution in [0.4, 0.5) is 0 Å². The van der Waals surface area contributed by atoms with Gasteiger partial charge in [0.05, 0.1) is 0 Å². The van der Waals surface area contributed by atoms with Crippen molar-refractivity contribution in [2.45, 2.75) is 6.92 Å². The van der Waals surface area contributed by atoms with E-state index in [4.69, 9.17) is 34.8 Å². The van der Waals surface area contributed by atoms with Gasteiger partial charge in [0.2, 0.25) is 0 Å². The molecule has 0 unspecified atom stereocenters. The van der Waals surface area contributed by atoms with Crippen LogP contribution < -0.4 is 0 Å². The van der Waals surface area contributed by atoms with Gasteiger partial charge in [-0.15, -0.1) is 0 Å². The lowest BCUT2D eigenvalue weighted by Gasteiger charge is -2.05. The third-order valence-corrected chi connectivity index (χ3v) is 3.41. The molecule has 0 aliphatic heterocycles. The van der Waals surface area contributed by atoms with E-state index in [-0.39, 0.29) is 0 Å². The highest BCUT2D eigenvalue weighted by Gasteiger charge is 2.03. The van der Waals surface area contributed by atoms with Gasteiger partial charge in [-0.3, -0.25) is 0 Å². The summed E-state index contributed by atoms with van der Waals surface area (Å²) in [6.07, 6.45) is 2.06. The van der Waals surface area contributed by atoms with Crippen LogP contribution in [0.5, 0.6) is 0 Å². The van der Waals surface area contributed by atoms with Crippen molar-refractivity contribution in [3.63, 3.8) is 0 Å². The largest absolute Gasteiger partial charge is 0.0843 e. The molecule has 92 valence electrons. The molecule has 0 fully saturated rings. The Balaban J connectivity index is 2.35. The predicted octanol–water partition coefficient (Wildman–Crippen LogP) is 6.21. The average Bonchev–Trinajstić information content (AvgIpc) is 2.32. The summed E-state index contributed by atoms with van der Waals surface area (Å²) in [6, 6.07) is 13.2. The molecule has 2 aromatic rings. The molecular formula is C15H11Cl3. The number of allylic oxidation sites excluding steroid dienone is 1. The number of halogens is 3. The van der Waals surface area contributed by atoms with Gasteiger partial charge >= 0.3 is 0 Å². The van der Waals surface area contributed by atoms with Crippen molar-refractivity contribution in [3.8, 4) is 0 Å². The zero-order valence-electron chi connectivity index (χ0n) is 9.75. The van der Waals surface area contributed by atoms with E-state index < -0.39 is 0 Å². The van der Waals surface area contributed by atoms with E-state index in [1.807, 2.05) is 43.3 Å². The van der Waals surface area contributed by atoms with Crippen molar-refractivity contribution < 1.29 is 0 Å². The quantitative estimate of drug-likeness (QED) is 0.578. The van der Waals surface area contributed by atoms with Crippen molar-refractivity contribution >= 4 is 46.5 Å². The fourth-order valence-electron chi connectivity index (χ4n) is 1.70. The highest BCUT2D eigenvalue weighted by molar-refractivity contribution is 6.35. The Morgan fingerprint density at radius 1 is 0.889 bits per heavy atom. The summed E-state index contributed by atoms with van der Waals surface area (Å²) >= 11 is 17.9. The van der Waals surface area contributed by atoms with Gasteiger partial charge in [0.25, 0.3) is 0 Å². The summed E-state index contributed by atoms with van der Waals surface area (Å²) < 4.78 is 0. The monoisotopic (exact) mass is 296 g/mol. The summed E-state index contributed by atoms with van der Waals surface area (Å²) in [5.74, 6) is 0. The molecule has 0 amide bonds. The van der Waals surface area contributed by atoms with Crippen molar-refractivity contribution in [1.82, 2.24) is 0 Å². The number of benzene rings is 2. The number of hydrogen-bond acceptors (Lipinski definition) is 0. The maximum atomic E-state index is 6.17. The van der Waals surface area contributed by atoms with Gasteiger partial charge in [-0.2, -0.15) is 0 Å². The van der Waals surface area contributed by atoms with Crippen LogP contribution in [0.2, 0.25) is 15.1 Å². The van der Waals surface area contributed by atoms with Gasteiger partial charge < -0.3 is 0 Å². The standard InChI is InChI=1S/C15H11Cl3/c1-10(8-11-2-4-12(16)5-3-11)14-7-6-13(17)9-15(14)18/h2-9H,1H3. The summed E-state index contributed by atoms with van der Waals surface area (Å²) in [5.41, 5.74) is 3.15. The lowest BCUT2D eigenvalue weighted by atomic mass is 10.0. The summed E-state index contributed by atoms with van der Waals surface area (Å²) in [7, 11) is 0. The van der Waals surface area contributed by atoms with E-state index in [1.165, 1.54) is 0 Å². The first-order valence-electron chi connectivity index (χ1n) is 5.45. The second-order valence-corrected chi connectivity index (χ2v) is 5.28. The molecule has 3 heteroatoms. The van der Waals surface area contributed by atoms with Crippen molar-refractivity contribution in [3.05, 3.63) is 68.7 Å². The minimum atomic E-state index is 0.642. The van der Waals surface area contributed by atoms with Crippen LogP contribution in [0, 0.1) is 0 Å². The second kappa shape index (κ2) is 5.79. The zero-order chi connectivity index (χ0) is 13.1. The molecule has 0 saturated carbocycles. The average molecular weight is 298 g/mol. The maximum Gasteiger partial charge on any atom is 0.0495 e. The first kappa shape index (κ1) is 13.5. The third-order valence-electron chi connectivity index (χ3n) is 2.61. The van der Waals surface area contributed by atoms with Gasteiger partial charge in [-0.1, -0.05) is 59.1 Å². The zero-order valence-corrected chi connectivity index (χ0v) is 12.0. The fraction of sp³-hybridized carbons (Fsp3) is 0.0667. The minimum absolute atomic E-state index is 0.642. The Hall–Kier alpha value is -0.950. The van der Waals surface area contributed by atoms with Crippen LogP contribution in [0.1, 0.15) is 18.1 Å². The summed E-state index contributed by atoms with van der Waals surface area (Å²) in [5, 5.41) is 2.03. The van der Waals surface area contributed by atoms with Crippen LogP contribution in [0.25, 0.3) is 11.6 Å². The highest BCUT2D eigenvalue weighted by Crippen LogP contribution is 2.28. The van der Waals surface area contributed by atoms with Crippen LogP contribution in [-0.2, 0) is 0 Å². The van der Waals surface area contributed by atoms with Crippen LogP contribution in [-0.4, -0.2) is 0 Å². The number of hydrogen-bond donors (Lipinski definition) is 0. The van der Waals surface area contributed by atoms with Crippen molar-refractivity contribution in [1.29, 1.82) is 0 Å². The molecule has 0 bridgehead atoms. The smallest absolute Gasteiger partial charge is 0.0495 e. The Labute approximate surface area is 122 Å². The molecule has 0 aliphatic carbocycles. The van der Waals surface area contributed by atoms with E-state index in [0.29, 0.717) is 10.0 Å². The van der Waals surface area contributed by atoms with Gasteiger partial charge in [0.15, 0.2) is 0 Å². The molecule has 0 N–H and O–H groups in total. The molecule has 0 atom stereocenters. The van der Waals surface area contributed by atoms with E-state index >= 15 is 0 Å². The van der Waals surface area contributed by atoms with E-state index in [0.717, 1.165) is 21.7 Å². The molecule has 0 heterocycles. The van der Waals surface area contributed by atoms with E-state index in [2.05, 4.69) is 6.08 Å². The molecule has 2 aromatic carbocycles. The topological polar surface area (TPSA) is 0 Å². The Morgan fingerprint density at radius 2 is 1.50 bits per heavy atom. The van der Waals surface area contributed by atoms with E-state index in [1.54, 1.807) is 6.07 Å². The normalized spacial score (nSPS) is 11.7. The van der Waals surface area contributed by atoms with Crippen molar-refractivity contribution in [2.24, 2.45) is 0 Å². The molecule has 0 saturated heterocycles. The Bertz CT molecular complexity index is 583. The molecule has 18 heavy (non-hydrogen) atoms. The Kier molecular flexibility index (Phi) is 4.34. The summed E-state index contributed by atoms with van der Waals surface area (Å²) in [6.45, 7) is 2.02. The third kappa shape index (κ3) is 3.29. The lowest BCUT2D eigenvalue weighted by Crippen LogP contribution is -1.82. The highest BCUT2D eigenvalue weighted by atomic mass is 35.5. The van der Waals surface area contributed by atoms with Gasteiger partial charge in [-0.25, -0.2) is 0 Å². The van der Waals surface area contributed by atoms with Crippen molar-refractivity contribution in [2.75, 3.05) is 0 Å². The molecule has 0 nitrogen and oxygen atoms in total. The first-order chi connectivity index (χ1) is 8.56. The SMILES string of the molecule is CC(=Cc1ccc(Cl)cc1)c1ccc(Cl)cc1Cl. The second-order valence-electron chi connectivity index (χ2n) is 4.00. The Morgan fingerprint density at radius 3 is 2.11 bits per heavy atom. The van der Waals surface area contributed by atoms with Crippen LogP contribution in [0.3, 0.4) is 0 Å². The molecule has 0 spiro atoms. The maximum absolute atomic E-state index is 6.17. The lowest BCUT2D eigenvalue weighted by molar-refractivity contribution is 1.57. The van der Waals surface area contributed by atoms with Gasteiger partial charge in [0.1, 0.15) is 0 Å². The van der Waals surface area contributed by atoms with Crippen LogP contribution >= 0.6 is 34.8 Å². The molecule has 0 aromatic heterocycles. The number of rotatable bonds is 2. The predicted molar refractivity (Wildman–Crippen MR) is 81.5 cm³/mol. The molecule has 0 aliphatic rings. The minimum Gasteiger partial charge on any atom is -0.0843 e.